The fourth-order valence-corrected chi connectivity index (χ4v) is 3.09. The lowest BCUT2D eigenvalue weighted by Gasteiger charge is -2.06. The summed E-state index contributed by atoms with van der Waals surface area (Å²) in [5.74, 6) is 0.579. The Balaban J connectivity index is 1.49. The summed E-state index contributed by atoms with van der Waals surface area (Å²) in [5, 5.41) is 5.01. The lowest BCUT2D eigenvalue weighted by molar-refractivity contribution is 0.0424. The molecule has 8 heteroatoms. The molecular weight excluding hydrogens is 382 g/mol. The van der Waals surface area contributed by atoms with E-state index in [1.165, 1.54) is 0 Å². The smallest absolute Gasteiger partial charge is 0.356 e. The molecule has 4 aromatic rings. The lowest BCUT2D eigenvalue weighted by atomic mass is 10.2. The van der Waals surface area contributed by atoms with Crippen LogP contribution in [-0.2, 0) is 11.3 Å². The van der Waals surface area contributed by atoms with Crippen LogP contribution in [-0.4, -0.2) is 27.7 Å². The molecule has 0 atom stereocenters. The molecule has 0 fully saturated rings. The summed E-state index contributed by atoms with van der Waals surface area (Å²) in [5.41, 5.74) is 1.64. The summed E-state index contributed by atoms with van der Waals surface area (Å²) in [6.45, 7) is 2.24. The highest BCUT2D eigenvalue weighted by Crippen LogP contribution is 2.29. The number of esters is 1. The molecule has 7 nitrogen and oxygen atoms in total. The van der Waals surface area contributed by atoms with Crippen molar-refractivity contribution in [3.8, 4) is 17.1 Å². The Bertz CT molecular complexity index is 1140. The van der Waals surface area contributed by atoms with E-state index in [9.17, 15) is 4.79 Å². The summed E-state index contributed by atoms with van der Waals surface area (Å²) in [6, 6.07) is 14.7. The van der Waals surface area contributed by atoms with Crippen molar-refractivity contribution in [1.82, 2.24) is 15.1 Å². The third kappa shape index (κ3) is 3.44. The van der Waals surface area contributed by atoms with E-state index in [-0.39, 0.29) is 18.2 Å². The summed E-state index contributed by atoms with van der Waals surface area (Å²) in [7, 11) is 0. The molecule has 0 saturated heterocycles. The molecule has 0 aliphatic carbocycles. The summed E-state index contributed by atoms with van der Waals surface area (Å²) in [6.07, 6.45) is 0. The molecule has 142 valence electrons. The number of nitrogens with one attached hydrogen (secondary N) is 1. The van der Waals surface area contributed by atoms with Crippen LogP contribution in [0.3, 0.4) is 0 Å². The maximum absolute atomic E-state index is 12.4. The van der Waals surface area contributed by atoms with Gasteiger partial charge in [-0.25, -0.2) is 4.79 Å². The standard InChI is InChI=1S/C20H16ClN3O4/c1-2-26-15-10-6-4-8-13(15)19-23-16(28-24-19)11-27-20(25)18-17(21)12-7-3-5-9-14(12)22-18/h3-10,22H,2,11H2,1H3. The normalized spacial score (nSPS) is 10.9. The van der Waals surface area contributed by atoms with E-state index in [2.05, 4.69) is 15.1 Å². The van der Waals surface area contributed by atoms with Crippen LogP contribution in [0.4, 0.5) is 0 Å². The van der Waals surface area contributed by atoms with Crippen molar-refractivity contribution in [2.45, 2.75) is 13.5 Å². The zero-order valence-electron chi connectivity index (χ0n) is 14.9. The first-order chi connectivity index (χ1) is 13.7. The van der Waals surface area contributed by atoms with Gasteiger partial charge in [0.25, 0.3) is 5.89 Å². The van der Waals surface area contributed by atoms with Crippen LogP contribution in [0.5, 0.6) is 5.75 Å². The number of H-pyrrole nitrogens is 1. The Kier molecular flexibility index (Phi) is 4.99. The van der Waals surface area contributed by atoms with Gasteiger partial charge in [-0.2, -0.15) is 4.98 Å². The number of carbonyl (C=O) groups excluding carboxylic acids is 1. The molecule has 4 rings (SSSR count). The number of carbonyl (C=O) groups is 1. The van der Waals surface area contributed by atoms with Crippen LogP contribution < -0.4 is 4.74 Å². The van der Waals surface area contributed by atoms with Crippen molar-refractivity contribution in [1.29, 1.82) is 0 Å². The number of nitrogens with zero attached hydrogens (tertiary/aromatic N) is 2. The fraction of sp³-hybridized carbons (Fsp3) is 0.150. The quantitative estimate of drug-likeness (QED) is 0.477. The van der Waals surface area contributed by atoms with Crippen molar-refractivity contribution in [3.63, 3.8) is 0 Å². The molecule has 0 unspecified atom stereocenters. The van der Waals surface area contributed by atoms with E-state index in [1.54, 1.807) is 0 Å². The number of halogens is 1. The second-order valence-electron chi connectivity index (χ2n) is 5.88. The zero-order chi connectivity index (χ0) is 19.5. The number of aromatic amines is 1. The first kappa shape index (κ1) is 18.1. The number of ether oxygens (including phenoxy) is 2. The first-order valence-electron chi connectivity index (χ1n) is 8.65. The SMILES string of the molecule is CCOc1ccccc1-c1noc(COC(=O)c2[nH]c3ccccc3c2Cl)n1. The number of para-hydroxylation sites is 2. The Morgan fingerprint density at radius 2 is 1.96 bits per heavy atom. The molecule has 0 aliphatic rings. The predicted molar refractivity (Wildman–Crippen MR) is 103 cm³/mol. The van der Waals surface area contributed by atoms with Crippen molar-refractivity contribution >= 4 is 28.5 Å². The number of rotatable bonds is 6. The highest BCUT2D eigenvalue weighted by atomic mass is 35.5. The highest BCUT2D eigenvalue weighted by molar-refractivity contribution is 6.38. The molecule has 0 aliphatic heterocycles. The van der Waals surface area contributed by atoms with Crippen molar-refractivity contribution in [2.75, 3.05) is 6.61 Å². The average molecular weight is 398 g/mol. The van der Waals surface area contributed by atoms with Crippen LogP contribution in [0, 0.1) is 0 Å². The van der Waals surface area contributed by atoms with Crippen LogP contribution in [0.2, 0.25) is 5.02 Å². The molecule has 1 N–H and O–H groups in total. The van der Waals surface area contributed by atoms with Gasteiger partial charge in [-0.05, 0) is 25.1 Å². The molecule has 2 aromatic carbocycles. The zero-order valence-corrected chi connectivity index (χ0v) is 15.7. The highest BCUT2D eigenvalue weighted by Gasteiger charge is 2.19. The van der Waals surface area contributed by atoms with Gasteiger partial charge < -0.3 is 19.0 Å². The third-order valence-electron chi connectivity index (χ3n) is 4.07. The number of fused-ring (bicyclic) bond motifs is 1. The Morgan fingerprint density at radius 1 is 1.18 bits per heavy atom. The van der Waals surface area contributed by atoms with Crippen LogP contribution >= 0.6 is 11.6 Å². The molecular formula is C20H16ClN3O4. The fourth-order valence-electron chi connectivity index (χ4n) is 2.80. The van der Waals surface area contributed by atoms with Crippen LogP contribution in [0.25, 0.3) is 22.3 Å². The van der Waals surface area contributed by atoms with Gasteiger partial charge in [0.2, 0.25) is 5.82 Å². The number of benzene rings is 2. The molecule has 0 radical (unpaired) electrons. The van der Waals surface area contributed by atoms with E-state index >= 15 is 0 Å². The topological polar surface area (TPSA) is 90.2 Å². The minimum absolute atomic E-state index is 0.168. The predicted octanol–water partition coefficient (Wildman–Crippen LogP) is 4.63. The van der Waals surface area contributed by atoms with Gasteiger partial charge in [-0.15, -0.1) is 0 Å². The van der Waals surface area contributed by atoms with E-state index in [0.717, 1.165) is 10.9 Å². The average Bonchev–Trinajstić information content (AvgIpc) is 3.32. The maximum atomic E-state index is 12.4. The lowest BCUT2D eigenvalue weighted by Crippen LogP contribution is -2.06. The number of aromatic nitrogens is 3. The van der Waals surface area contributed by atoms with Gasteiger partial charge >= 0.3 is 5.97 Å². The van der Waals surface area contributed by atoms with Crippen molar-refractivity contribution in [3.05, 3.63) is 65.1 Å². The molecule has 0 spiro atoms. The van der Waals surface area contributed by atoms with Gasteiger partial charge in [-0.3, -0.25) is 0 Å². The van der Waals surface area contributed by atoms with Crippen molar-refractivity contribution in [2.24, 2.45) is 0 Å². The van der Waals surface area contributed by atoms with Gasteiger partial charge in [0.1, 0.15) is 11.4 Å². The summed E-state index contributed by atoms with van der Waals surface area (Å²) < 4.78 is 16.0. The van der Waals surface area contributed by atoms with E-state index in [4.69, 9.17) is 25.6 Å². The second kappa shape index (κ2) is 7.74. The molecule has 0 saturated carbocycles. The molecule has 2 aromatic heterocycles. The number of hydrogen-bond acceptors (Lipinski definition) is 6. The Morgan fingerprint density at radius 3 is 2.79 bits per heavy atom. The van der Waals surface area contributed by atoms with Gasteiger partial charge in [0.15, 0.2) is 6.61 Å². The van der Waals surface area contributed by atoms with Gasteiger partial charge in [-0.1, -0.05) is 47.1 Å². The first-order valence-corrected chi connectivity index (χ1v) is 9.03. The number of hydrogen-bond donors (Lipinski definition) is 1. The molecule has 2 heterocycles. The van der Waals surface area contributed by atoms with Crippen LogP contribution in [0.15, 0.2) is 53.1 Å². The van der Waals surface area contributed by atoms with E-state index in [0.29, 0.717) is 28.8 Å². The van der Waals surface area contributed by atoms with E-state index < -0.39 is 5.97 Å². The van der Waals surface area contributed by atoms with E-state index in [1.807, 2.05) is 55.5 Å². The Hall–Kier alpha value is -3.32. The molecule has 28 heavy (non-hydrogen) atoms. The maximum Gasteiger partial charge on any atom is 0.356 e. The minimum atomic E-state index is -0.601. The van der Waals surface area contributed by atoms with Crippen LogP contribution in [0.1, 0.15) is 23.3 Å². The molecule has 0 amide bonds. The van der Waals surface area contributed by atoms with Gasteiger partial charge in [0.05, 0.1) is 17.2 Å². The monoisotopic (exact) mass is 397 g/mol. The molecule has 0 bridgehead atoms. The largest absolute Gasteiger partial charge is 0.493 e. The second-order valence-corrected chi connectivity index (χ2v) is 6.25. The summed E-state index contributed by atoms with van der Waals surface area (Å²) in [4.78, 5) is 19.6. The summed E-state index contributed by atoms with van der Waals surface area (Å²) >= 11 is 6.27. The third-order valence-corrected chi connectivity index (χ3v) is 4.46. The Labute approximate surface area is 165 Å². The van der Waals surface area contributed by atoms with Crippen molar-refractivity contribution < 1.29 is 18.8 Å². The van der Waals surface area contributed by atoms with Gasteiger partial charge in [0, 0.05) is 10.9 Å². The minimum Gasteiger partial charge on any atom is -0.493 e.